The van der Waals surface area contributed by atoms with Gasteiger partial charge in [-0.1, -0.05) is 36.4 Å². The monoisotopic (exact) mass is 280 g/mol. The average Bonchev–Trinajstić information content (AvgIpc) is 2.55. The van der Waals surface area contributed by atoms with Crippen LogP contribution >= 0.6 is 0 Å². The van der Waals surface area contributed by atoms with Crippen molar-refractivity contribution >= 4 is 5.97 Å². The predicted molar refractivity (Wildman–Crippen MR) is 81.3 cm³/mol. The Morgan fingerprint density at radius 1 is 0.905 bits per heavy atom. The lowest BCUT2D eigenvalue weighted by atomic mass is 10.2. The largest absolute Gasteiger partial charge is 0.489 e. The molecule has 0 spiro atoms. The molecule has 0 amide bonds. The molecule has 2 aromatic carbocycles. The summed E-state index contributed by atoms with van der Waals surface area (Å²) >= 11 is 0. The molecule has 0 aromatic heterocycles. The van der Waals surface area contributed by atoms with Gasteiger partial charge in [0.2, 0.25) is 0 Å². The van der Waals surface area contributed by atoms with E-state index in [-0.39, 0.29) is 12.6 Å². The standard InChI is InChI=1S/C18H16O3/c19-18(16-10-4-1-5-11-16)21-15-9-3-8-14-20-17-12-6-2-7-13-17/h1-2,4-13H,14-15H2. The first-order chi connectivity index (χ1) is 10.4. The van der Waals surface area contributed by atoms with Gasteiger partial charge in [0, 0.05) is 0 Å². The third-order valence-corrected chi connectivity index (χ3v) is 2.62. The van der Waals surface area contributed by atoms with Gasteiger partial charge in [-0.15, -0.1) is 5.73 Å². The second kappa shape index (κ2) is 8.41. The van der Waals surface area contributed by atoms with E-state index in [1.807, 2.05) is 36.4 Å². The summed E-state index contributed by atoms with van der Waals surface area (Å²) < 4.78 is 10.5. The molecule has 0 saturated carbocycles. The zero-order valence-electron chi connectivity index (χ0n) is 11.6. The van der Waals surface area contributed by atoms with Gasteiger partial charge in [0.05, 0.1) is 5.56 Å². The molecule has 0 aliphatic rings. The molecule has 106 valence electrons. The summed E-state index contributed by atoms with van der Waals surface area (Å²) in [6.07, 6.45) is 3.39. The van der Waals surface area contributed by atoms with Crippen molar-refractivity contribution in [3.05, 3.63) is 84.1 Å². The maximum absolute atomic E-state index is 11.6. The summed E-state index contributed by atoms with van der Waals surface area (Å²) in [5.74, 6) is 0.472. The van der Waals surface area contributed by atoms with Gasteiger partial charge in [0.25, 0.3) is 0 Å². The van der Waals surface area contributed by atoms with Gasteiger partial charge in [-0.2, -0.15) is 0 Å². The highest BCUT2D eigenvalue weighted by atomic mass is 16.5. The van der Waals surface area contributed by atoms with Crippen molar-refractivity contribution in [2.45, 2.75) is 0 Å². The van der Waals surface area contributed by atoms with Crippen molar-refractivity contribution < 1.29 is 14.3 Å². The fourth-order valence-corrected chi connectivity index (χ4v) is 1.61. The highest BCUT2D eigenvalue weighted by Gasteiger charge is 2.03. The quantitative estimate of drug-likeness (QED) is 0.598. The van der Waals surface area contributed by atoms with E-state index in [9.17, 15) is 4.79 Å². The third kappa shape index (κ3) is 5.39. The minimum Gasteiger partial charge on any atom is -0.489 e. The molecule has 2 aromatic rings. The van der Waals surface area contributed by atoms with Gasteiger partial charge in [-0.05, 0) is 36.4 Å². The van der Waals surface area contributed by atoms with Gasteiger partial charge in [-0.25, -0.2) is 4.79 Å². The number of carbonyl (C=O) groups excluding carboxylic acids is 1. The minimum atomic E-state index is -0.339. The van der Waals surface area contributed by atoms with Crippen molar-refractivity contribution in [3.8, 4) is 5.75 Å². The van der Waals surface area contributed by atoms with E-state index < -0.39 is 0 Å². The summed E-state index contributed by atoms with van der Waals surface area (Å²) in [6, 6.07) is 18.4. The van der Waals surface area contributed by atoms with Crippen molar-refractivity contribution in [1.82, 2.24) is 0 Å². The second-order valence-electron chi connectivity index (χ2n) is 4.16. The molecule has 21 heavy (non-hydrogen) atoms. The minimum absolute atomic E-state index is 0.190. The van der Waals surface area contributed by atoms with Crippen LogP contribution in [0.15, 0.2) is 78.5 Å². The van der Waals surface area contributed by atoms with Crippen LogP contribution < -0.4 is 4.74 Å². The molecular weight excluding hydrogens is 264 g/mol. The van der Waals surface area contributed by atoms with Gasteiger partial charge < -0.3 is 9.47 Å². The molecule has 0 bridgehead atoms. The third-order valence-electron chi connectivity index (χ3n) is 2.62. The zero-order chi connectivity index (χ0) is 14.8. The average molecular weight is 280 g/mol. The molecule has 0 heterocycles. The highest BCUT2D eigenvalue weighted by molar-refractivity contribution is 5.89. The van der Waals surface area contributed by atoms with Crippen LogP contribution in [-0.4, -0.2) is 19.2 Å². The zero-order valence-corrected chi connectivity index (χ0v) is 11.6. The van der Waals surface area contributed by atoms with Gasteiger partial charge in [0.1, 0.15) is 19.0 Å². The number of hydrogen-bond acceptors (Lipinski definition) is 3. The van der Waals surface area contributed by atoms with Crippen molar-refractivity contribution in [3.63, 3.8) is 0 Å². The lowest BCUT2D eigenvalue weighted by Crippen LogP contribution is -2.04. The number of esters is 1. The van der Waals surface area contributed by atoms with E-state index in [1.54, 1.807) is 36.4 Å². The molecule has 3 nitrogen and oxygen atoms in total. The molecule has 3 heteroatoms. The van der Waals surface area contributed by atoms with Crippen LogP contribution in [0.1, 0.15) is 10.4 Å². The number of para-hydroxylation sites is 1. The molecule has 0 unspecified atom stereocenters. The molecule has 2 rings (SSSR count). The van der Waals surface area contributed by atoms with Crippen LogP contribution in [0.3, 0.4) is 0 Å². The van der Waals surface area contributed by atoms with Crippen LogP contribution in [-0.2, 0) is 4.74 Å². The smallest absolute Gasteiger partial charge is 0.338 e. The SMILES string of the molecule is O=C(OCC=C=CCOc1ccccc1)c1ccccc1. The number of hydrogen-bond donors (Lipinski definition) is 0. The molecule has 0 aliphatic carbocycles. The lowest BCUT2D eigenvalue weighted by molar-refractivity contribution is 0.0549. The normalized spacial score (nSPS) is 9.33. The van der Waals surface area contributed by atoms with E-state index in [4.69, 9.17) is 9.47 Å². The van der Waals surface area contributed by atoms with Crippen LogP contribution in [0.4, 0.5) is 0 Å². The molecule has 0 N–H and O–H groups in total. The molecule has 0 fully saturated rings. The van der Waals surface area contributed by atoms with E-state index in [0.29, 0.717) is 12.2 Å². The summed E-state index contributed by atoms with van der Waals surface area (Å²) in [4.78, 5) is 11.6. The van der Waals surface area contributed by atoms with Crippen LogP contribution in [0, 0.1) is 0 Å². The van der Waals surface area contributed by atoms with Crippen molar-refractivity contribution in [2.75, 3.05) is 13.2 Å². The van der Waals surface area contributed by atoms with Gasteiger partial charge >= 0.3 is 5.97 Å². The fourth-order valence-electron chi connectivity index (χ4n) is 1.61. The Bertz CT molecular complexity index is 611. The number of carbonyl (C=O) groups is 1. The topological polar surface area (TPSA) is 35.5 Å². The second-order valence-corrected chi connectivity index (χ2v) is 4.16. The molecule has 0 atom stereocenters. The van der Waals surface area contributed by atoms with Crippen LogP contribution in [0.2, 0.25) is 0 Å². The molecule has 0 aliphatic heterocycles. The number of ether oxygens (including phenoxy) is 2. The summed E-state index contributed by atoms with van der Waals surface area (Å²) in [7, 11) is 0. The maximum atomic E-state index is 11.6. The Morgan fingerprint density at radius 2 is 1.52 bits per heavy atom. The first-order valence-corrected chi connectivity index (χ1v) is 6.65. The van der Waals surface area contributed by atoms with Crippen molar-refractivity contribution in [1.29, 1.82) is 0 Å². The van der Waals surface area contributed by atoms with E-state index in [0.717, 1.165) is 5.75 Å². The lowest BCUT2D eigenvalue weighted by Gasteiger charge is -2.00. The Balaban J connectivity index is 1.68. The predicted octanol–water partition coefficient (Wildman–Crippen LogP) is 3.63. The van der Waals surface area contributed by atoms with Crippen molar-refractivity contribution in [2.24, 2.45) is 0 Å². The Labute approximate surface area is 124 Å². The summed E-state index contributed by atoms with van der Waals surface area (Å²) in [6.45, 7) is 0.614. The molecule has 0 radical (unpaired) electrons. The first kappa shape index (κ1) is 14.6. The van der Waals surface area contributed by atoms with Gasteiger partial charge in [-0.3, -0.25) is 0 Å². The summed E-state index contributed by atoms with van der Waals surface area (Å²) in [5.41, 5.74) is 3.45. The van der Waals surface area contributed by atoms with E-state index in [1.165, 1.54) is 0 Å². The molecular formula is C18H16O3. The Kier molecular flexibility index (Phi) is 5.86. The van der Waals surface area contributed by atoms with Crippen LogP contribution in [0.5, 0.6) is 5.75 Å². The first-order valence-electron chi connectivity index (χ1n) is 6.65. The van der Waals surface area contributed by atoms with Crippen LogP contribution in [0.25, 0.3) is 0 Å². The number of benzene rings is 2. The molecule has 0 saturated heterocycles. The Hall–Kier alpha value is -2.77. The summed E-state index contributed by atoms with van der Waals surface area (Å²) in [5, 5.41) is 0. The Morgan fingerprint density at radius 3 is 2.24 bits per heavy atom. The fraction of sp³-hybridized carbons (Fsp3) is 0.111. The van der Waals surface area contributed by atoms with Gasteiger partial charge in [0.15, 0.2) is 0 Å². The highest BCUT2D eigenvalue weighted by Crippen LogP contribution is 2.07. The van der Waals surface area contributed by atoms with E-state index >= 15 is 0 Å². The van der Waals surface area contributed by atoms with E-state index in [2.05, 4.69) is 5.73 Å². The maximum Gasteiger partial charge on any atom is 0.338 e. The number of rotatable bonds is 6.